The Bertz CT molecular complexity index is 784. The van der Waals surface area contributed by atoms with E-state index in [2.05, 4.69) is 41.8 Å². The van der Waals surface area contributed by atoms with Crippen LogP contribution >= 0.6 is 11.8 Å². The van der Waals surface area contributed by atoms with Crippen molar-refractivity contribution in [3.63, 3.8) is 0 Å². The van der Waals surface area contributed by atoms with Gasteiger partial charge in [0.25, 0.3) is 0 Å². The average molecular weight is 365 g/mol. The summed E-state index contributed by atoms with van der Waals surface area (Å²) >= 11 is 1.60. The molecule has 1 aliphatic rings. The quantitative estimate of drug-likeness (QED) is 0.548. The molecule has 1 unspecified atom stereocenters. The Morgan fingerprint density at radius 3 is 2.77 bits per heavy atom. The molecular weight excluding hydrogens is 340 g/mol. The highest BCUT2D eigenvalue weighted by Gasteiger charge is 2.11. The molecule has 0 spiro atoms. The summed E-state index contributed by atoms with van der Waals surface area (Å²) in [4.78, 5) is 4.70. The molecule has 3 rings (SSSR count). The maximum atomic E-state index is 6.22. The van der Waals surface area contributed by atoms with Crippen LogP contribution in [0.2, 0.25) is 0 Å². The summed E-state index contributed by atoms with van der Waals surface area (Å²) in [7, 11) is 0. The standard InChI is InChI=1S/C22H24N2OS/c1-26-22(23-17-18-11-5-4-6-12-18)24-20-15-9-10-16-21(20)25-19-13-7-2-3-8-14-19/h2-7,9-13,15-16,19H,8,14,17H2,1H3,(H,23,24). The van der Waals surface area contributed by atoms with Crippen molar-refractivity contribution in [1.29, 1.82) is 0 Å². The molecule has 1 aliphatic carbocycles. The van der Waals surface area contributed by atoms with Gasteiger partial charge in [-0.05, 0) is 42.9 Å². The van der Waals surface area contributed by atoms with Crippen molar-refractivity contribution in [1.82, 2.24) is 0 Å². The third-order valence-electron chi connectivity index (χ3n) is 4.04. The second kappa shape index (κ2) is 9.88. The van der Waals surface area contributed by atoms with Crippen molar-refractivity contribution in [2.75, 3.05) is 11.6 Å². The highest BCUT2D eigenvalue weighted by atomic mass is 32.2. The average Bonchev–Trinajstić information content (AvgIpc) is 2.96. The van der Waals surface area contributed by atoms with Crippen LogP contribution in [0.3, 0.4) is 0 Å². The van der Waals surface area contributed by atoms with Crippen LogP contribution in [0, 0.1) is 0 Å². The lowest BCUT2D eigenvalue weighted by atomic mass is 10.2. The summed E-state index contributed by atoms with van der Waals surface area (Å²) in [6, 6.07) is 18.3. The summed E-state index contributed by atoms with van der Waals surface area (Å²) < 4.78 is 6.22. The summed E-state index contributed by atoms with van der Waals surface area (Å²) in [5.41, 5.74) is 2.14. The van der Waals surface area contributed by atoms with Crippen LogP contribution in [0.25, 0.3) is 0 Å². The fourth-order valence-electron chi connectivity index (χ4n) is 2.67. The van der Waals surface area contributed by atoms with Gasteiger partial charge in [0.2, 0.25) is 0 Å². The summed E-state index contributed by atoms with van der Waals surface area (Å²) in [6.07, 6.45) is 12.6. The number of nitrogens with zero attached hydrogens (tertiary/aromatic N) is 1. The molecule has 0 saturated carbocycles. The molecule has 2 aromatic carbocycles. The van der Waals surface area contributed by atoms with Gasteiger partial charge >= 0.3 is 0 Å². The Morgan fingerprint density at radius 1 is 1.12 bits per heavy atom. The number of ether oxygens (including phenoxy) is 1. The number of amidine groups is 1. The molecule has 0 aliphatic heterocycles. The Hall–Kier alpha value is -2.46. The Morgan fingerprint density at radius 2 is 1.92 bits per heavy atom. The Balaban J connectivity index is 1.69. The van der Waals surface area contributed by atoms with Gasteiger partial charge < -0.3 is 10.1 Å². The number of para-hydroxylation sites is 2. The molecule has 3 nitrogen and oxygen atoms in total. The minimum Gasteiger partial charge on any atom is -0.484 e. The van der Waals surface area contributed by atoms with Crippen LogP contribution in [-0.2, 0) is 6.54 Å². The van der Waals surface area contributed by atoms with Crippen molar-refractivity contribution in [3.8, 4) is 5.75 Å². The van der Waals surface area contributed by atoms with E-state index in [0.717, 1.165) is 29.4 Å². The second-order valence-corrected chi connectivity index (χ2v) is 6.77. The smallest absolute Gasteiger partial charge is 0.161 e. The first-order chi connectivity index (χ1) is 12.8. The Kier molecular flexibility index (Phi) is 6.96. The molecule has 0 bridgehead atoms. The highest BCUT2D eigenvalue weighted by molar-refractivity contribution is 8.13. The zero-order valence-corrected chi connectivity index (χ0v) is 15.8. The van der Waals surface area contributed by atoms with Crippen molar-refractivity contribution < 1.29 is 4.74 Å². The van der Waals surface area contributed by atoms with Gasteiger partial charge in [-0.3, -0.25) is 4.99 Å². The van der Waals surface area contributed by atoms with E-state index in [0.29, 0.717) is 6.54 Å². The number of anilines is 1. The van der Waals surface area contributed by atoms with Gasteiger partial charge in [0.1, 0.15) is 11.9 Å². The zero-order chi connectivity index (χ0) is 18.0. The predicted octanol–water partition coefficient (Wildman–Crippen LogP) is 5.67. The number of benzene rings is 2. The lowest BCUT2D eigenvalue weighted by molar-refractivity contribution is 0.242. The van der Waals surface area contributed by atoms with E-state index < -0.39 is 0 Å². The van der Waals surface area contributed by atoms with Crippen LogP contribution in [0.5, 0.6) is 5.75 Å². The number of nitrogens with one attached hydrogen (secondary N) is 1. The number of rotatable bonds is 5. The molecule has 4 heteroatoms. The number of aliphatic imine (C=N–C) groups is 1. The minimum absolute atomic E-state index is 0.0898. The molecule has 26 heavy (non-hydrogen) atoms. The zero-order valence-electron chi connectivity index (χ0n) is 15.0. The van der Waals surface area contributed by atoms with Gasteiger partial charge in [-0.1, -0.05) is 72.5 Å². The second-order valence-electron chi connectivity index (χ2n) is 5.98. The van der Waals surface area contributed by atoms with E-state index in [4.69, 9.17) is 9.73 Å². The fourth-order valence-corrected chi connectivity index (χ4v) is 3.08. The molecule has 134 valence electrons. The van der Waals surface area contributed by atoms with Gasteiger partial charge in [-0.2, -0.15) is 0 Å². The molecule has 1 atom stereocenters. The highest BCUT2D eigenvalue weighted by Crippen LogP contribution is 2.27. The van der Waals surface area contributed by atoms with Crippen LogP contribution in [0.4, 0.5) is 5.69 Å². The lowest BCUT2D eigenvalue weighted by Crippen LogP contribution is -2.15. The van der Waals surface area contributed by atoms with Gasteiger partial charge in [-0.15, -0.1) is 0 Å². The van der Waals surface area contributed by atoms with E-state index in [9.17, 15) is 0 Å². The molecule has 2 aromatic rings. The largest absolute Gasteiger partial charge is 0.484 e. The summed E-state index contributed by atoms with van der Waals surface area (Å²) in [5.74, 6) is 0.852. The van der Waals surface area contributed by atoms with E-state index >= 15 is 0 Å². The normalized spacial score (nSPS) is 17.0. The first-order valence-electron chi connectivity index (χ1n) is 8.83. The fraction of sp³-hybridized carbons (Fsp3) is 0.227. The molecule has 0 amide bonds. The van der Waals surface area contributed by atoms with Crippen molar-refractivity contribution in [3.05, 3.63) is 84.5 Å². The topological polar surface area (TPSA) is 33.6 Å². The predicted molar refractivity (Wildman–Crippen MR) is 113 cm³/mol. The van der Waals surface area contributed by atoms with Gasteiger partial charge in [0.05, 0.1) is 12.2 Å². The van der Waals surface area contributed by atoms with Crippen LogP contribution in [0.15, 0.2) is 83.9 Å². The van der Waals surface area contributed by atoms with Crippen molar-refractivity contribution >= 4 is 22.6 Å². The molecule has 0 fully saturated rings. The maximum Gasteiger partial charge on any atom is 0.161 e. The van der Waals surface area contributed by atoms with Gasteiger partial charge in [0, 0.05) is 0 Å². The molecular formula is C22H24N2OS. The molecule has 1 N–H and O–H groups in total. The maximum absolute atomic E-state index is 6.22. The number of allylic oxidation sites excluding steroid dienone is 3. The third-order valence-corrected chi connectivity index (χ3v) is 4.66. The SMILES string of the molecule is CSC(=NCc1ccccc1)Nc1ccccc1OC1C=CC=CCC1. The lowest BCUT2D eigenvalue weighted by Gasteiger charge is -2.18. The van der Waals surface area contributed by atoms with Gasteiger partial charge in [-0.25, -0.2) is 0 Å². The van der Waals surface area contributed by atoms with E-state index in [1.165, 1.54) is 5.56 Å². The monoisotopic (exact) mass is 364 g/mol. The first kappa shape index (κ1) is 18.3. The van der Waals surface area contributed by atoms with E-state index in [-0.39, 0.29) is 6.10 Å². The van der Waals surface area contributed by atoms with Crippen molar-refractivity contribution in [2.45, 2.75) is 25.5 Å². The first-order valence-corrected chi connectivity index (χ1v) is 10.1. The number of hydrogen-bond acceptors (Lipinski definition) is 3. The molecule has 0 radical (unpaired) electrons. The summed E-state index contributed by atoms with van der Waals surface area (Å²) in [6.45, 7) is 0.657. The van der Waals surface area contributed by atoms with E-state index in [1.807, 2.05) is 48.7 Å². The minimum atomic E-state index is 0.0898. The third kappa shape index (κ3) is 5.53. The summed E-state index contributed by atoms with van der Waals surface area (Å²) in [5, 5.41) is 4.30. The van der Waals surface area contributed by atoms with Crippen molar-refractivity contribution in [2.24, 2.45) is 4.99 Å². The molecule has 0 aromatic heterocycles. The molecule has 0 heterocycles. The molecule has 0 saturated heterocycles. The Labute approximate surface area is 159 Å². The number of hydrogen-bond donors (Lipinski definition) is 1. The van der Waals surface area contributed by atoms with Crippen LogP contribution < -0.4 is 10.1 Å². The van der Waals surface area contributed by atoms with Crippen LogP contribution in [0.1, 0.15) is 18.4 Å². The van der Waals surface area contributed by atoms with Crippen LogP contribution in [-0.4, -0.2) is 17.5 Å². The van der Waals surface area contributed by atoms with Gasteiger partial charge in [0.15, 0.2) is 5.17 Å². The van der Waals surface area contributed by atoms with E-state index in [1.54, 1.807) is 11.8 Å². The number of thioether (sulfide) groups is 1.